The van der Waals surface area contributed by atoms with Crippen LogP contribution in [0.1, 0.15) is 16.1 Å². The first-order valence-electron chi connectivity index (χ1n) is 9.42. The van der Waals surface area contributed by atoms with Crippen molar-refractivity contribution in [2.45, 2.75) is 6.54 Å². The van der Waals surface area contributed by atoms with E-state index >= 15 is 0 Å². The van der Waals surface area contributed by atoms with Gasteiger partial charge in [0.15, 0.2) is 11.2 Å². The van der Waals surface area contributed by atoms with Gasteiger partial charge in [-0.1, -0.05) is 18.2 Å². The Hall–Kier alpha value is -3.19. The quantitative estimate of drug-likeness (QED) is 0.679. The van der Waals surface area contributed by atoms with Crippen LogP contribution in [0.3, 0.4) is 0 Å². The zero-order valence-corrected chi connectivity index (χ0v) is 16.1. The lowest BCUT2D eigenvalue weighted by atomic mass is 10.1. The van der Waals surface area contributed by atoms with E-state index in [4.69, 9.17) is 9.15 Å². The Kier molecular flexibility index (Phi) is 5.31. The molecule has 1 aromatic heterocycles. The first-order chi connectivity index (χ1) is 14.0. The molecule has 0 radical (unpaired) electrons. The van der Waals surface area contributed by atoms with Gasteiger partial charge in [0.05, 0.1) is 12.5 Å². The second kappa shape index (κ2) is 8.05. The van der Waals surface area contributed by atoms with Crippen LogP contribution >= 0.6 is 0 Å². The van der Waals surface area contributed by atoms with Crippen LogP contribution in [0.2, 0.25) is 0 Å². The number of nitrogens with zero attached hydrogens (tertiary/aromatic N) is 2. The fourth-order valence-corrected chi connectivity index (χ4v) is 3.50. The van der Waals surface area contributed by atoms with E-state index in [0.29, 0.717) is 55.0 Å². The molecular weight excluding hydrogens is 375 g/mol. The molecule has 0 bridgehead atoms. The van der Waals surface area contributed by atoms with E-state index in [9.17, 15) is 14.0 Å². The first kappa shape index (κ1) is 19.1. The molecule has 0 N–H and O–H groups in total. The number of ether oxygens (including phenoxy) is 1. The van der Waals surface area contributed by atoms with Gasteiger partial charge in [0, 0.05) is 50.4 Å². The summed E-state index contributed by atoms with van der Waals surface area (Å²) in [6.45, 7) is 2.69. The standard InChI is InChI=1S/C22H21FN2O4/c1-28-16-6-7-17-19(26)13-21(29-20(17)12-16)22(27)25-10-8-24(9-11-25)14-15-4-2-3-5-18(15)23/h2-7,12-13H,8-11,14H2,1H3. The van der Waals surface area contributed by atoms with Gasteiger partial charge in [-0.25, -0.2) is 4.39 Å². The molecule has 2 aromatic carbocycles. The van der Waals surface area contributed by atoms with Gasteiger partial charge in [-0.2, -0.15) is 0 Å². The maximum absolute atomic E-state index is 13.8. The summed E-state index contributed by atoms with van der Waals surface area (Å²) in [4.78, 5) is 29.0. The van der Waals surface area contributed by atoms with Crippen molar-refractivity contribution in [3.63, 3.8) is 0 Å². The minimum atomic E-state index is -0.322. The Bertz CT molecular complexity index is 1100. The molecule has 150 valence electrons. The van der Waals surface area contributed by atoms with Gasteiger partial charge < -0.3 is 14.1 Å². The normalized spacial score (nSPS) is 14.9. The molecule has 1 saturated heterocycles. The van der Waals surface area contributed by atoms with Crippen LogP contribution in [0.4, 0.5) is 4.39 Å². The summed E-state index contributed by atoms with van der Waals surface area (Å²) < 4.78 is 24.7. The molecule has 0 spiro atoms. The zero-order valence-electron chi connectivity index (χ0n) is 16.1. The third kappa shape index (κ3) is 4.00. The highest BCUT2D eigenvalue weighted by Gasteiger charge is 2.25. The molecule has 6 nitrogen and oxygen atoms in total. The van der Waals surface area contributed by atoms with Gasteiger partial charge in [-0.3, -0.25) is 14.5 Å². The summed E-state index contributed by atoms with van der Waals surface area (Å²) in [6, 6.07) is 12.8. The number of rotatable bonds is 4. The first-order valence-corrected chi connectivity index (χ1v) is 9.42. The maximum atomic E-state index is 13.8. The van der Waals surface area contributed by atoms with Crippen LogP contribution in [-0.2, 0) is 6.54 Å². The van der Waals surface area contributed by atoms with Crippen LogP contribution in [0.15, 0.2) is 57.7 Å². The van der Waals surface area contributed by atoms with Gasteiger partial charge in [-0.05, 0) is 18.2 Å². The Morgan fingerprint density at radius 3 is 2.59 bits per heavy atom. The maximum Gasteiger partial charge on any atom is 0.289 e. The van der Waals surface area contributed by atoms with Gasteiger partial charge in [0.25, 0.3) is 5.91 Å². The number of fused-ring (bicyclic) bond motifs is 1. The van der Waals surface area contributed by atoms with Crippen LogP contribution in [-0.4, -0.2) is 49.0 Å². The predicted octanol–water partition coefficient (Wildman–Crippen LogP) is 2.90. The molecule has 3 aromatic rings. The molecule has 1 amide bonds. The van der Waals surface area contributed by atoms with E-state index in [1.54, 1.807) is 35.2 Å². The minimum absolute atomic E-state index is 0.0123. The summed E-state index contributed by atoms with van der Waals surface area (Å²) in [5.74, 6) is 0.0158. The lowest BCUT2D eigenvalue weighted by molar-refractivity contribution is 0.0597. The van der Waals surface area contributed by atoms with Crippen molar-refractivity contribution in [3.05, 3.63) is 75.9 Å². The predicted molar refractivity (Wildman–Crippen MR) is 107 cm³/mol. The number of methoxy groups -OCH3 is 1. The van der Waals surface area contributed by atoms with Crippen molar-refractivity contribution in [1.82, 2.24) is 9.80 Å². The van der Waals surface area contributed by atoms with E-state index in [-0.39, 0.29) is 22.9 Å². The molecule has 0 unspecified atom stereocenters. The third-order valence-corrected chi connectivity index (χ3v) is 5.16. The van der Waals surface area contributed by atoms with Crippen molar-refractivity contribution in [2.24, 2.45) is 0 Å². The van der Waals surface area contributed by atoms with E-state index in [2.05, 4.69) is 4.90 Å². The SMILES string of the molecule is COc1ccc2c(=O)cc(C(=O)N3CCN(Cc4ccccc4F)CC3)oc2c1. The average Bonchev–Trinajstić information content (AvgIpc) is 2.75. The number of amides is 1. The highest BCUT2D eigenvalue weighted by molar-refractivity contribution is 5.93. The van der Waals surface area contributed by atoms with E-state index in [0.717, 1.165) is 0 Å². The fraction of sp³-hybridized carbons (Fsp3) is 0.273. The molecule has 1 fully saturated rings. The number of halogens is 1. The topological polar surface area (TPSA) is 63.0 Å². The molecule has 29 heavy (non-hydrogen) atoms. The van der Waals surface area contributed by atoms with Crippen molar-refractivity contribution in [3.8, 4) is 5.75 Å². The molecule has 0 aliphatic carbocycles. The van der Waals surface area contributed by atoms with Crippen LogP contribution < -0.4 is 10.2 Å². The number of carbonyl (C=O) groups excluding carboxylic acids is 1. The lowest BCUT2D eigenvalue weighted by Crippen LogP contribution is -2.48. The molecule has 0 atom stereocenters. The summed E-state index contributed by atoms with van der Waals surface area (Å²) in [5.41, 5.74) is 0.690. The van der Waals surface area contributed by atoms with E-state index in [1.165, 1.54) is 19.2 Å². The van der Waals surface area contributed by atoms with Gasteiger partial charge in [-0.15, -0.1) is 0 Å². The highest BCUT2D eigenvalue weighted by Crippen LogP contribution is 2.20. The highest BCUT2D eigenvalue weighted by atomic mass is 19.1. The summed E-state index contributed by atoms with van der Waals surface area (Å²) in [7, 11) is 1.52. The number of piperazine rings is 1. The van der Waals surface area contributed by atoms with Crippen LogP contribution in [0.25, 0.3) is 11.0 Å². The Morgan fingerprint density at radius 2 is 1.86 bits per heavy atom. The molecular formula is C22H21FN2O4. The molecule has 1 aliphatic heterocycles. The summed E-state index contributed by atoms with van der Waals surface area (Å²) in [6.07, 6.45) is 0. The smallest absolute Gasteiger partial charge is 0.289 e. The summed E-state index contributed by atoms with van der Waals surface area (Å²) >= 11 is 0. The average molecular weight is 396 g/mol. The van der Waals surface area contributed by atoms with Crippen LogP contribution in [0.5, 0.6) is 5.75 Å². The summed E-state index contributed by atoms with van der Waals surface area (Å²) in [5, 5.41) is 0.400. The van der Waals surface area contributed by atoms with Gasteiger partial charge in [0.2, 0.25) is 0 Å². The van der Waals surface area contributed by atoms with Crippen molar-refractivity contribution in [1.29, 1.82) is 0 Å². The lowest BCUT2D eigenvalue weighted by Gasteiger charge is -2.34. The van der Waals surface area contributed by atoms with Gasteiger partial charge >= 0.3 is 0 Å². The zero-order chi connectivity index (χ0) is 20.4. The Labute approximate surface area is 167 Å². The molecule has 4 rings (SSSR count). The van der Waals surface area contributed by atoms with Crippen molar-refractivity contribution < 1.29 is 18.3 Å². The second-order valence-electron chi connectivity index (χ2n) is 7.00. The largest absolute Gasteiger partial charge is 0.497 e. The number of hydrogen-bond acceptors (Lipinski definition) is 5. The van der Waals surface area contributed by atoms with E-state index < -0.39 is 0 Å². The Balaban J connectivity index is 1.47. The minimum Gasteiger partial charge on any atom is -0.497 e. The van der Waals surface area contributed by atoms with Crippen molar-refractivity contribution in [2.75, 3.05) is 33.3 Å². The third-order valence-electron chi connectivity index (χ3n) is 5.16. The molecule has 7 heteroatoms. The molecule has 2 heterocycles. The second-order valence-corrected chi connectivity index (χ2v) is 7.00. The number of hydrogen-bond donors (Lipinski definition) is 0. The molecule has 1 aliphatic rings. The number of carbonyl (C=O) groups is 1. The van der Waals surface area contributed by atoms with Crippen molar-refractivity contribution >= 4 is 16.9 Å². The Morgan fingerprint density at radius 1 is 1.10 bits per heavy atom. The number of benzene rings is 2. The monoisotopic (exact) mass is 396 g/mol. The van der Waals surface area contributed by atoms with E-state index in [1.807, 2.05) is 6.07 Å². The molecule has 0 saturated carbocycles. The fourth-order valence-electron chi connectivity index (χ4n) is 3.50. The van der Waals surface area contributed by atoms with Crippen LogP contribution in [0, 0.1) is 5.82 Å². The van der Waals surface area contributed by atoms with Gasteiger partial charge in [0.1, 0.15) is 17.1 Å².